The fourth-order valence-electron chi connectivity index (χ4n) is 1.49. The van der Waals surface area contributed by atoms with Gasteiger partial charge < -0.3 is 16.0 Å². The second-order valence-corrected chi connectivity index (χ2v) is 3.12. The molecule has 0 bridgehead atoms. The van der Waals surface area contributed by atoms with Gasteiger partial charge in [-0.3, -0.25) is 0 Å². The first kappa shape index (κ1) is 7.28. The first-order valence-corrected chi connectivity index (χ1v) is 4.12. The summed E-state index contributed by atoms with van der Waals surface area (Å²) < 4.78 is 0. The van der Waals surface area contributed by atoms with E-state index in [4.69, 9.17) is 5.73 Å². The second kappa shape index (κ2) is 2.59. The molecule has 0 saturated heterocycles. The highest BCUT2D eigenvalue weighted by atomic mass is 15.2. The van der Waals surface area contributed by atoms with Crippen molar-refractivity contribution in [3.8, 4) is 0 Å². The van der Waals surface area contributed by atoms with Crippen LogP contribution in [0.5, 0.6) is 0 Å². The molecular weight excluding hydrogens is 150 g/mol. The monoisotopic (exact) mass is 163 g/mol. The Labute approximate surface area is 72.2 Å². The van der Waals surface area contributed by atoms with Crippen LogP contribution in [0, 0.1) is 0 Å². The van der Waals surface area contributed by atoms with Crippen molar-refractivity contribution < 1.29 is 0 Å². The van der Waals surface area contributed by atoms with Gasteiger partial charge in [0.05, 0.1) is 11.4 Å². The highest BCUT2D eigenvalue weighted by Crippen LogP contribution is 2.29. The number of hydrogen-bond acceptors (Lipinski definition) is 3. The molecule has 0 amide bonds. The summed E-state index contributed by atoms with van der Waals surface area (Å²) in [6.07, 6.45) is 0. The number of anilines is 3. The zero-order valence-electron chi connectivity index (χ0n) is 7.17. The van der Waals surface area contributed by atoms with E-state index in [2.05, 4.69) is 17.3 Å². The minimum atomic E-state index is 0.823. The number of benzene rings is 1. The zero-order valence-corrected chi connectivity index (χ0v) is 7.17. The Bertz CT molecular complexity index is 296. The van der Waals surface area contributed by atoms with Crippen molar-refractivity contribution >= 4 is 17.1 Å². The second-order valence-electron chi connectivity index (χ2n) is 3.12. The van der Waals surface area contributed by atoms with E-state index < -0.39 is 0 Å². The third kappa shape index (κ3) is 1.07. The summed E-state index contributed by atoms with van der Waals surface area (Å²) in [5, 5.41) is 3.32. The lowest BCUT2D eigenvalue weighted by Gasteiger charge is -2.28. The van der Waals surface area contributed by atoms with E-state index in [1.165, 1.54) is 11.4 Å². The number of nitrogens with one attached hydrogen (secondary N) is 1. The van der Waals surface area contributed by atoms with Crippen molar-refractivity contribution in [2.24, 2.45) is 0 Å². The highest BCUT2D eigenvalue weighted by Gasteiger charge is 2.11. The molecule has 1 aliphatic rings. The maximum Gasteiger partial charge on any atom is 0.0620 e. The third-order valence-electron chi connectivity index (χ3n) is 2.20. The smallest absolute Gasteiger partial charge is 0.0620 e. The average molecular weight is 163 g/mol. The van der Waals surface area contributed by atoms with Crippen LogP contribution < -0.4 is 16.0 Å². The van der Waals surface area contributed by atoms with Gasteiger partial charge in [0.15, 0.2) is 0 Å². The van der Waals surface area contributed by atoms with E-state index in [0.29, 0.717) is 0 Å². The van der Waals surface area contributed by atoms with Crippen LogP contribution in [0.25, 0.3) is 0 Å². The van der Waals surface area contributed by atoms with Crippen LogP contribution in [0.3, 0.4) is 0 Å². The summed E-state index contributed by atoms with van der Waals surface area (Å²) in [5.41, 5.74) is 8.89. The van der Waals surface area contributed by atoms with Crippen LogP contribution in [-0.2, 0) is 0 Å². The van der Waals surface area contributed by atoms with Crippen LogP contribution in [-0.4, -0.2) is 20.1 Å². The van der Waals surface area contributed by atoms with Gasteiger partial charge in [0.2, 0.25) is 0 Å². The Hall–Kier alpha value is -1.38. The first-order valence-electron chi connectivity index (χ1n) is 4.12. The fourth-order valence-corrected chi connectivity index (χ4v) is 1.49. The largest absolute Gasteiger partial charge is 0.399 e. The predicted octanol–water partition coefficient (Wildman–Crippen LogP) is 1.13. The molecule has 0 fully saturated rings. The third-order valence-corrected chi connectivity index (χ3v) is 2.20. The van der Waals surface area contributed by atoms with Gasteiger partial charge in [0.25, 0.3) is 0 Å². The fraction of sp³-hybridized carbons (Fsp3) is 0.333. The summed E-state index contributed by atoms with van der Waals surface area (Å²) in [6.45, 7) is 2.05. The van der Waals surface area contributed by atoms with Crippen LogP contribution in [0.2, 0.25) is 0 Å². The maximum atomic E-state index is 5.69. The van der Waals surface area contributed by atoms with Gasteiger partial charge in [-0.15, -0.1) is 0 Å². The molecule has 3 heteroatoms. The Balaban J connectivity index is 2.47. The van der Waals surface area contributed by atoms with Gasteiger partial charge in [0, 0.05) is 25.8 Å². The topological polar surface area (TPSA) is 41.3 Å². The van der Waals surface area contributed by atoms with Crippen LogP contribution >= 0.6 is 0 Å². The molecule has 3 N–H and O–H groups in total. The Morgan fingerprint density at radius 1 is 1.50 bits per heavy atom. The minimum Gasteiger partial charge on any atom is -0.399 e. The van der Waals surface area contributed by atoms with Crippen LogP contribution in [0.4, 0.5) is 17.1 Å². The normalized spacial score (nSPS) is 15.2. The molecule has 0 unspecified atom stereocenters. The van der Waals surface area contributed by atoms with Gasteiger partial charge in [-0.25, -0.2) is 0 Å². The number of nitrogen functional groups attached to an aromatic ring is 1. The molecule has 0 aromatic heterocycles. The van der Waals surface area contributed by atoms with Crippen molar-refractivity contribution in [2.45, 2.75) is 0 Å². The van der Waals surface area contributed by atoms with Crippen molar-refractivity contribution in [3.05, 3.63) is 18.2 Å². The summed E-state index contributed by atoms with van der Waals surface area (Å²) in [7, 11) is 2.08. The molecule has 1 aromatic rings. The highest BCUT2D eigenvalue weighted by molar-refractivity contribution is 5.75. The summed E-state index contributed by atoms with van der Waals surface area (Å²) in [5.74, 6) is 0. The molecule has 0 saturated carbocycles. The molecule has 0 atom stereocenters. The van der Waals surface area contributed by atoms with Gasteiger partial charge in [-0.2, -0.15) is 0 Å². The molecule has 0 aliphatic carbocycles. The summed E-state index contributed by atoms with van der Waals surface area (Å²) >= 11 is 0. The van der Waals surface area contributed by atoms with E-state index in [9.17, 15) is 0 Å². The zero-order chi connectivity index (χ0) is 8.55. The lowest BCUT2D eigenvalue weighted by molar-refractivity contribution is 0.887. The lowest BCUT2D eigenvalue weighted by atomic mass is 10.2. The lowest BCUT2D eigenvalue weighted by Crippen LogP contribution is -2.30. The first-order chi connectivity index (χ1) is 5.77. The molecular formula is C9H13N3. The van der Waals surface area contributed by atoms with Gasteiger partial charge in [0.1, 0.15) is 0 Å². The molecule has 3 nitrogen and oxygen atoms in total. The van der Waals surface area contributed by atoms with Crippen LogP contribution in [0.1, 0.15) is 0 Å². The Morgan fingerprint density at radius 3 is 3.17 bits per heavy atom. The minimum absolute atomic E-state index is 0.823. The molecule has 64 valence electrons. The number of likely N-dealkylation sites (N-methyl/N-ethyl adjacent to an activating group) is 1. The number of nitrogens with two attached hydrogens (primary N) is 1. The van der Waals surface area contributed by atoms with E-state index in [0.717, 1.165) is 18.8 Å². The molecule has 12 heavy (non-hydrogen) atoms. The van der Waals surface area contributed by atoms with E-state index >= 15 is 0 Å². The van der Waals surface area contributed by atoms with Crippen molar-refractivity contribution in [3.63, 3.8) is 0 Å². The Morgan fingerprint density at radius 2 is 2.33 bits per heavy atom. The average Bonchev–Trinajstić information content (AvgIpc) is 2.07. The standard InChI is InChI=1S/C9H13N3/c1-12-5-4-11-8-3-2-7(10)6-9(8)12/h2-3,6,11H,4-5,10H2,1H3. The quantitative estimate of drug-likeness (QED) is 0.563. The van der Waals surface area contributed by atoms with Crippen molar-refractivity contribution in [2.75, 3.05) is 36.1 Å². The molecule has 1 heterocycles. The number of fused-ring (bicyclic) bond motifs is 1. The summed E-state index contributed by atoms with van der Waals surface area (Å²) in [4.78, 5) is 2.21. The maximum absolute atomic E-state index is 5.69. The predicted molar refractivity (Wildman–Crippen MR) is 52.6 cm³/mol. The molecule has 2 rings (SSSR count). The number of nitrogens with zero attached hydrogens (tertiary/aromatic N) is 1. The number of hydrogen-bond donors (Lipinski definition) is 2. The van der Waals surface area contributed by atoms with Crippen molar-refractivity contribution in [1.29, 1.82) is 0 Å². The van der Waals surface area contributed by atoms with E-state index in [-0.39, 0.29) is 0 Å². The van der Waals surface area contributed by atoms with Gasteiger partial charge in [-0.1, -0.05) is 0 Å². The van der Waals surface area contributed by atoms with Crippen LogP contribution in [0.15, 0.2) is 18.2 Å². The molecule has 1 aromatic carbocycles. The van der Waals surface area contributed by atoms with E-state index in [1.54, 1.807) is 0 Å². The SMILES string of the molecule is CN1CCNc2ccc(N)cc21. The molecule has 0 spiro atoms. The Kier molecular flexibility index (Phi) is 1.57. The van der Waals surface area contributed by atoms with Gasteiger partial charge in [-0.05, 0) is 18.2 Å². The van der Waals surface area contributed by atoms with Crippen molar-refractivity contribution in [1.82, 2.24) is 0 Å². The van der Waals surface area contributed by atoms with Gasteiger partial charge >= 0.3 is 0 Å². The molecule has 0 radical (unpaired) electrons. The molecule has 1 aliphatic heterocycles. The van der Waals surface area contributed by atoms with E-state index in [1.807, 2.05) is 18.2 Å². The summed E-state index contributed by atoms with van der Waals surface area (Å²) in [6, 6.07) is 5.95. The number of rotatable bonds is 0.